The number of carbonyl (C=O) groups excluding carboxylic acids is 1. The highest BCUT2D eigenvalue weighted by atomic mass is 16.5. The monoisotopic (exact) mass is 351 g/mol. The Kier molecular flexibility index (Phi) is 9.89. The largest absolute Gasteiger partial charge is 0.493 e. The van der Waals surface area contributed by atoms with E-state index < -0.39 is 0 Å². The van der Waals surface area contributed by atoms with Crippen molar-refractivity contribution in [3.8, 4) is 11.5 Å². The summed E-state index contributed by atoms with van der Waals surface area (Å²) in [6, 6.07) is 5.75. The molecule has 0 aliphatic carbocycles. The Morgan fingerprint density at radius 1 is 1.08 bits per heavy atom. The number of carbonyl (C=O) groups is 1. The van der Waals surface area contributed by atoms with Crippen LogP contribution in [0.4, 0.5) is 0 Å². The van der Waals surface area contributed by atoms with Crippen LogP contribution in [0.5, 0.6) is 11.5 Å². The summed E-state index contributed by atoms with van der Waals surface area (Å²) in [4.78, 5) is 15.6. The molecule has 0 unspecified atom stereocenters. The summed E-state index contributed by atoms with van der Waals surface area (Å²) < 4.78 is 15.2. The third-order valence-corrected chi connectivity index (χ3v) is 3.54. The first-order chi connectivity index (χ1) is 12.1. The van der Waals surface area contributed by atoms with E-state index >= 15 is 0 Å². The van der Waals surface area contributed by atoms with Crippen LogP contribution in [0.25, 0.3) is 0 Å². The van der Waals surface area contributed by atoms with Gasteiger partial charge in [0.2, 0.25) is 0 Å². The first-order valence-corrected chi connectivity index (χ1v) is 8.44. The van der Waals surface area contributed by atoms with Crippen molar-refractivity contribution in [2.75, 3.05) is 34.4 Å². The SMILES string of the molecule is CCNC(=NCc1ccc(OC)c(OC)c1)NCCCCC(=O)OC. The molecule has 7 heteroatoms. The molecule has 0 spiro atoms. The summed E-state index contributed by atoms with van der Waals surface area (Å²) in [6.07, 6.45) is 2.10. The molecule has 1 aromatic carbocycles. The van der Waals surface area contributed by atoms with E-state index in [1.165, 1.54) is 7.11 Å². The Morgan fingerprint density at radius 3 is 2.48 bits per heavy atom. The molecule has 0 atom stereocenters. The molecule has 25 heavy (non-hydrogen) atoms. The molecular formula is C18H29N3O4. The second-order valence-electron chi connectivity index (χ2n) is 5.34. The average molecular weight is 351 g/mol. The highest BCUT2D eigenvalue weighted by Gasteiger charge is 2.05. The number of hydrogen-bond acceptors (Lipinski definition) is 5. The lowest BCUT2D eigenvalue weighted by Crippen LogP contribution is -2.37. The van der Waals surface area contributed by atoms with E-state index in [9.17, 15) is 4.79 Å². The molecule has 2 N–H and O–H groups in total. The van der Waals surface area contributed by atoms with Gasteiger partial charge in [0.15, 0.2) is 17.5 Å². The second-order valence-corrected chi connectivity index (χ2v) is 5.34. The van der Waals surface area contributed by atoms with E-state index in [0.29, 0.717) is 24.5 Å². The van der Waals surface area contributed by atoms with Crippen LogP contribution in [-0.2, 0) is 16.1 Å². The summed E-state index contributed by atoms with van der Waals surface area (Å²) in [5, 5.41) is 6.47. The van der Waals surface area contributed by atoms with Crippen LogP contribution in [-0.4, -0.2) is 46.3 Å². The fourth-order valence-corrected chi connectivity index (χ4v) is 2.19. The third kappa shape index (κ3) is 7.78. The number of ether oxygens (including phenoxy) is 3. The average Bonchev–Trinajstić information content (AvgIpc) is 2.65. The van der Waals surface area contributed by atoms with E-state index in [1.807, 2.05) is 25.1 Å². The fraction of sp³-hybridized carbons (Fsp3) is 0.556. The topological polar surface area (TPSA) is 81.2 Å². The zero-order valence-corrected chi connectivity index (χ0v) is 15.6. The number of aliphatic imine (C=N–C) groups is 1. The summed E-state index contributed by atoms with van der Waals surface area (Å²) in [6.45, 7) is 4.07. The van der Waals surface area contributed by atoms with Crippen molar-refractivity contribution in [2.24, 2.45) is 4.99 Å². The molecule has 7 nitrogen and oxygen atoms in total. The maximum absolute atomic E-state index is 11.1. The number of benzene rings is 1. The number of guanidine groups is 1. The van der Waals surface area contributed by atoms with E-state index in [1.54, 1.807) is 14.2 Å². The molecule has 0 aromatic heterocycles. The van der Waals surface area contributed by atoms with Crippen molar-refractivity contribution >= 4 is 11.9 Å². The normalized spacial score (nSPS) is 11.0. The smallest absolute Gasteiger partial charge is 0.305 e. The summed E-state index contributed by atoms with van der Waals surface area (Å²) in [7, 11) is 4.64. The predicted octanol–water partition coefficient (Wildman–Crippen LogP) is 2.10. The van der Waals surface area contributed by atoms with Crippen molar-refractivity contribution in [3.63, 3.8) is 0 Å². The van der Waals surface area contributed by atoms with Gasteiger partial charge in [-0.25, -0.2) is 4.99 Å². The first-order valence-electron chi connectivity index (χ1n) is 8.44. The van der Waals surface area contributed by atoms with Gasteiger partial charge in [-0.15, -0.1) is 0 Å². The molecule has 0 radical (unpaired) electrons. The number of nitrogens with zero attached hydrogens (tertiary/aromatic N) is 1. The highest BCUT2D eigenvalue weighted by molar-refractivity contribution is 5.79. The lowest BCUT2D eigenvalue weighted by atomic mass is 10.2. The Morgan fingerprint density at radius 2 is 1.84 bits per heavy atom. The first kappa shape index (κ1) is 20.6. The van der Waals surface area contributed by atoms with E-state index in [2.05, 4.69) is 20.4 Å². The molecule has 0 saturated heterocycles. The zero-order valence-electron chi connectivity index (χ0n) is 15.6. The molecule has 0 aliphatic heterocycles. The number of nitrogens with one attached hydrogen (secondary N) is 2. The Bertz CT molecular complexity index is 561. The van der Waals surface area contributed by atoms with Crippen LogP contribution in [0.1, 0.15) is 31.7 Å². The van der Waals surface area contributed by atoms with Crippen LogP contribution in [0.3, 0.4) is 0 Å². The number of unbranched alkanes of at least 4 members (excludes halogenated alkanes) is 1. The number of hydrogen-bond donors (Lipinski definition) is 2. The number of rotatable bonds is 10. The maximum atomic E-state index is 11.1. The molecule has 140 valence electrons. The lowest BCUT2D eigenvalue weighted by Gasteiger charge is -2.12. The Hall–Kier alpha value is -2.44. The van der Waals surface area contributed by atoms with Crippen LogP contribution in [0, 0.1) is 0 Å². The van der Waals surface area contributed by atoms with Crippen molar-refractivity contribution < 1.29 is 19.0 Å². The van der Waals surface area contributed by atoms with Gasteiger partial charge in [-0.1, -0.05) is 6.07 Å². The van der Waals surface area contributed by atoms with Crippen LogP contribution >= 0.6 is 0 Å². The van der Waals surface area contributed by atoms with Crippen molar-refractivity contribution in [1.82, 2.24) is 10.6 Å². The minimum Gasteiger partial charge on any atom is -0.493 e. The number of methoxy groups -OCH3 is 3. The zero-order chi connectivity index (χ0) is 18.5. The van der Waals surface area contributed by atoms with Gasteiger partial charge in [0.25, 0.3) is 0 Å². The van der Waals surface area contributed by atoms with Crippen LogP contribution in [0.15, 0.2) is 23.2 Å². The lowest BCUT2D eigenvalue weighted by molar-refractivity contribution is -0.140. The molecule has 0 bridgehead atoms. The van der Waals surface area contributed by atoms with Gasteiger partial charge in [0, 0.05) is 19.5 Å². The van der Waals surface area contributed by atoms with Gasteiger partial charge < -0.3 is 24.8 Å². The van der Waals surface area contributed by atoms with Crippen LogP contribution < -0.4 is 20.1 Å². The molecule has 0 amide bonds. The molecular weight excluding hydrogens is 322 g/mol. The highest BCUT2D eigenvalue weighted by Crippen LogP contribution is 2.27. The maximum Gasteiger partial charge on any atom is 0.305 e. The Labute approximate surface area is 149 Å². The van der Waals surface area contributed by atoms with Gasteiger partial charge in [0.1, 0.15) is 0 Å². The second kappa shape index (κ2) is 12.0. The van der Waals surface area contributed by atoms with Gasteiger partial charge >= 0.3 is 5.97 Å². The molecule has 0 fully saturated rings. The Balaban J connectivity index is 2.53. The molecule has 1 aromatic rings. The molecule has 0 saturated carbocycles. The standard InChI is InChI=1S/C18H29N3O4/c1-5-19-18(20-11-7-6-8-17(22)25-4)21-13-14-9-10-15(23-2)16(12-14)24-3/h9-10,12H,5-8,11,13H2,1-4H3,(H2,19,20,21). The fourth-order valence-electron chi connectivity index (χ4n) is 2.19. The number of esters is 1. The molecule has 0 aliphatic rings. The van der Waals surface area contributed by atoms with E-state index in [-0.39, 0.29) is 5.97 Å². The van der Waals surface area contributed by atoms with E-state index in [0.717, 1.165) is 37.5 Å². The van der Waals surface area contributed by atoms with Crippen molar-refractivity contribution in [2.45, 2.75) is 32.7 Å². The van der Waals surface area contributed by atoms with Crippen molar-refractivity contribution in [3.05, 3.63) is 23.8 Å². The molecule has 0 heterocycles. The van der Waals surface area contributed by atoms with Gasteiger partial charge in [-0.05, 0) is 37.5 Å². The summed E-state index contributed by atoms with van der Waals surface area (Å²) in [5.41, 5.74) is 1.03. The summed E-state index contributed by atoms with van der Waals surface area (Å²) >= 11 is 0. The minimum absolute atomic E-state index is 0.172. The van der Waals surface area contributed by atoms with E-state index in [4.69, 9.17) is 9.47 Å². The van der Waals surface area contributed by atoms with Crippen molar-refractivity contribution in [1.29, 1.82) is 0 Å². The van der Waals surface area contributed by atoms with Crippen LogP contribution in [0.2, 0.25) is 0 Å². The predicted molar refractivity (Wildman–Crippen MR) is 98.2 cm³/mol. The molecule has 1 rings (SSSR count). The quantitative estimate of drug-likeness (QED) is 0.291. The third-order valence-electron chi connectivity index (χ3n) is 3.54. The minimum atomic E-state index is -0.172. The summed E-state index contributed by atoms with van der Waals surface area (Å²) in [5.74, 6) is 1.96. The van der Waals surface area contributed by atoms with Gasteiger partial charge in [0.05, 0.1) is 27.9 Å². The van der Waals surface area contributed by atoms with Gasteiger partial charge in [-0.2, -0.15) is 0 Å². The van der Waals surface area contributed by atoms with Gasteiger partial charge in [-0.3, -0.25) is 4.79 Å².